The van der Waals surface area contributed by atoms with E-state index in [4.69, 9.17) is 9.88 Å². The topological polar surface area (TPSA) is 69.4 Å². The van der Waals surface area contributed by atoms with E-state index in [-0.39, 0.29) is 10.6 Å². The SMILES string of the molecule is CSc1cccc(S(N)(=O)=O)c1Oc1ccccc1. The third kappa shape index (κ3) is 3.28. The van der Waals surface area contributed by atoms with E-state index in [0.717, 1.165) is 4.90 Å². The second kappa shape index (κ2) is 5.64. The highest BCUT2D eigenvalue weighted by Crippen LogP contribution is 2.36. The maximum absolute atomic E-state index is 11.6. The zero-order valence-electron chi connectivity index (χ0n) is 10.2. The summed E-state index contributed by atoms with van der Waals surface area (Å²) in [6.07, 6.45) is 1.85. The third-order valence-corrected chi connectivity index (χ3v) is 4.13. The van der Waals surface area contributed by atoms with Crippen molar-refractivity contribution >= 4 is 21.8 Å². The predicted octanol–water partition coefficient (Wildman–Crippen LogP) is 2.85. The van der Waals surface area contributed by atoms with E-state index in [1.54, 1.807) is 24.3 Å². The molecule has 6 heteroatoms. The number of sulfonamides is 1. The van der Waals surface area contributed by atoms with E-state index in [1.165, 1.54) is 17.8 Å². The Bertz CT molecular complexity index is 670. The molecule has 0 aromatic heterocycles. The Hall–Kier alpha value is -1.50. The van der Waals surface area contributed by atoms with Crippen molar-refractivity contribution in [1.29, 1.82) is 0 Å². The van der Waals surface area contributed by atoms with E-state index >= 15 is 0 Å². The van der Waals surface area contributed by atoms with Gasteiger partial charge in [-0.3, -0.25) is 0 Å². The monoisotopic (exact) mass is 295 g/mol. The Balaban J connectivity index is 2.54. The number of hydrogen-bond donors (Lipinski definition) is 1. The normalized spacial score (nSPS) is 11.3. The largest absolute Gasteiger partial charge is 0.455 e. The second-order valence-electron chi connectivity index (χ2n) is 3.75. The quantitative estimate of drug-likeness (QED) is 0.881. The number of hydrogen-bond acceptors (Lipinski definition) is 4. The number of ether oxygens (including phenoxy) is 1. The summed E-state index contributed by atoms with van der Waals surface area (Å²) in [5, 5.41) is 5.22. The third-order valence-electron chi connectivity index (χ3n) is 2.43. The maximum atomic E-state index is 11.6. The van der Waals surface area contributed by atoms with E-state index in [0.29, 0.717) is 5.75 Å². The summed E-state index contributed by atoms with van der Waals surface area (Å²) in [6, 6.07) is 13.9. The van der Waals surface area contributed by atoms with Crippen molar-refractivity contribution in [2.45, 2.75) is 9.79 Å². The molecule has 0 radical (unpaired) electrons. The number of primary sulfonamides is 1. The van der Waals surface area contributed by atoms with E-state index in [9.17, 15) is 8.42 Å². The molecule has 2 N–H and O–H groups in total. The molecule has 19 heavy (non-hydrogen) atoms. The second-order valence-corrected chi connectivity index (χ2v) is 6.13. The molecule has 0 amide bonds. The summed E-state index contributed by atoms with van der Waals surface area (Å²) < 4.78 is 28.9. The molecular formula is C13H13NO3S2. The summed E-state index contributed by atoms with van der Waals surface area (Å²) in [7, 11) is -3.82. The van der Waals surface area contributed by atoms with Crippen LogP contribution in [-0.4, -0.2) is 14.7 Å². The lowest BCUT2D eigenvalue weighted by atomic mass is 10.3. The van der Waals surface area contributed by atoms with Gasteiger partial charge in [0, 0.05) is 0 Å². The zero-order chi connectivity index (χ0) is 13.9. The van der Waals surface area contributed by atoms with Crippen LogP contribution in [0.2, 0.25) is 0 Å². The fraction of sp³-hybridized carbons (Fsp3) is 0.0769. The Kier molecular flexibility index (Phi) is 4.14. The van der Waals surface area contributed by atoms with Crippen LogP contribution in [0.3, 0.4) is 0 Å². The molecule has 0 bridgehead atoms. The molecule has 0 unspecified atom stereocenters. The summed E-state index contributed by atoms with van der Waals surface area (Å²) in [6.45, 7) is 0. The van der Waals surface area contributed by atoms with Crippen LogP contribution >= 0.6 is 11.8 Å². The van der Waals surface area contributed by atoms with Crippen LogP contribution in [-0.2, 0) is 10.0 Å². The van der Waals surface area contributed by atoms with Crippen LogP contribution in [0, 0.1) is 0 Å². The van der Waals surface area contributed by atoms with Crippen LogP contribution < -0.4 is 9.88 Å². The molecule has 0 fully saturated rings. The van der Waals surface area contributed by atoms with Gasteiger partial charge in [-0.2, -0.15) is 0 Å². The van der Waals surface area contributed by atoms with Crippen molar-refractivity contribution in [2.75, 3.05) is 6.26 Å². The first-order valence-corrected chi connectivity index (χ1v) is 8.22. The molecule has 4 nitrogen and oxygen atoms in total. The lowest BCUT2D eigenvalue weighted by Gasteiger charge is -2.13. The molecule has 0 heterocycles. The number of thioether (sulfide) groups is 1. The van der Waals surface area contributed by atoms with Gasteiger partial charge in [-0.1, -0.05) is 24.3 Å². The first-order valence-electron chi connectivity index (χ1n) is 5.45. The molecule has 0 aliphatic heterocycles. The van der Waals surface area contributed by atoms with Gasteiger partial charge >= 0.3 is 0 Å². The summed E-state index contributed by atoms with van der Waals surface area (Å²) in [5.74, 6) is 0.831. The average Bonchev–Trinajstić information content (AvgIpc) is 2.39. The fourth-order valence-corrected chi connectivity index (χ4v) is 2.88. The Morgan fingerprint density at radius 2 is 1.74 bits per heavy atom. The highest BCUT2D eigenvalue weighted by atomic mass is 32.2. The Morgan fingerprint density at radius 1 is 1.05 bits per heavy atom. The highest BCUT2D eigenvalue weighted by Gasteiger charge is 2.18. The molecular weight excluding hydrogens is 282 g/mol. The van der Waals surface area contributed by atoms with Gasteiger partial charge in [0.1, 0.15) is 10.6 Å². The van der Waals surface area contributed by atoms with Crippen molar-refractivity contribution in [3.63, 3.8) is 0 Å². The van der Waals surface area contributed by atoms with Crippen molar-refractivity contribution < 1.29 is 13.2 Å². The standard InChI is InChI=1S/C13H13NO3S2/c1-18-11-8-5-9-12(19(14,15)16)13(11)17-10-6-3-2-4-7-10/h2-9H,1H3,(H2,14,15,16). The average molecular weight is 295 g/mol. The number of rotatable bonds is 4. The molecule has 0 spiro atoms. The molecule has 0 saturated heterocycles. The Morgan fingerprint density at radius 3 is 2.32 bits per heavy atom. The predicted molar refractivity (Wildman–Crippen MR) is 76.1 cm³/mol. The number of nitrogens with two attached hydrogens (primary N) is 1. The van der Waals surface area contributed by atoms with Crippen LogP contribution in [0.15, 0.2) is 58.3 Å². The lowest BCUT2D eigenvalue weighted by molar-refractivity contribution is 0.455. The van der Waals surface area contributed by atoms with Crippen LogP contribution in [0.5, 0.6) is 11.5 Å². The minimum atomic E-state index is -3.82. The number of benzene rings is 2. The van der Waals surface area contributed by atoms with Gasteiger partial charge in [0.25, 0.3) is 0 Å². The number of para-hydroxylation sites is 2. The minimum Gasteiger partial charge on any atom is -0.455 e. The van der Waals surface area contributed by atoms with Gasteiger partial charge < -0.3 is 4.74 Å². The van der Waals surface area contributed by atoms with Gasteiger partial charge in [0.05, 0.1) is 4.90 Å². The van der Waals surface area contributed by atoms with Gasteiger partial charge in [0.15, 0.2) is 5.75 Å². The van der Waals surface area contributed by atoms with Crippen LogP contribution in [0.25, 0.3) is 0 Å². The fourth-order valence-electron chi connectivity index (χ4n) is 1.59. The smallest absolute Gasteiger partial charge is 0.241 e. The Labute approximate surface area is 116 Å². The van der Waals surface area contributed by atoms with Crippen molar-refractivity contribution in [1.82, 2.24) is 0 Å². The summed E-state index contributed by atoms with van der Waals surface area (Å²) in [5.41, 5.74) is 0. The van der Waals surface area contributed by atoms with E-state index in [2.05, 4.69) is 0 Å². The molecule has 0 aliphatic carbocycles. The van der Waals surface area contributed by atoms with E-state index in [1.807, 2.05) is 24.5 Å². The lowest BCUT2D eigenvalue weighted by Crippen LogP contribution is -2.13. The van der Waals surface area contributed by atoms with E-state index < -0.39 is 10.0 Å². The van der Waals surface area contributed by atoms with Crippen molar-refractivity contribution in [3.8, 4) is 11.5 Å². The molecule has 0 saturated carbocycles. The minimum absolute atomic E-state index is 0.0109. The molecule has 2 aromatic rings. The first-order chi connectivity index (χ1) is 9.02. The molecule has 2 rings (SSSR count). The van der Waals surface area contributed by atoms with Gasteiger partial charge in [-0.25, -0.2) is 13.6 Å². The van der Waals surface area contributed by atoms with Gasteiger partial charge in [-0.15, -0.1) is 11.8 Å². The van der Waals surface area contributed by atoms with Crippen molar-refractivity contribution in [3.05, 3.63) is 48.5 Å². The van der Waals surface area contributed by atoms with Gasteiger partial charge in [0.2, 0.25) is 10.0 Å². The zero-order valence-corrected chi connectivity index (χ0v) is 11.9. The van der Waals surface area contributed by atoms with Crippen molar-refractivity contribution in [2.24, 2.45) is 5.14 Å². The summed E-state index contributed by atoms with van der Waals surface area (Å²) in [4.78, 5) is 0.707. The van der Waals surface area contributed by atoms with Crippen LogP contribution in [0.4, 0.5) is 0 Å². The molecule has 0 aliphatic rings. The highest BCUT2D eigenvalue weighted by molar-refractivity contribution is 7.98. The maximum Gasteiger partial charge on any atom is 0.241 e. The molecule has 2 aromatic carbocycles. The van der Waals surface area contributed by atoms with Gasteiger partial charge in [-0.05, 0) is 30.5 Å². The molecule has 0 atom stereocenters. The van der Waals surface area contributed by atoms with Crippen LogP contribution in [0.1, 0.15) is 0 Å². The first kappa shape index (κ1) is 13.9. The molecule has 100 valence electrons. The summed E-state index contributed by atoms with van der Waals surface area (Å²) >= 11 is 1.40.